The summed E-state index contributed by atoms with van der Waals surface area (Å²) in [5.41, 5.74) is 1.88. The fraction of sp³-hybridized carbons (Fsp3) is 0.250. The molecule has 2 aliphatic heterocycles. The predicted molar refractivity (Wildman–Crippen MR) is 140 cm³/mol. The highest BCUT2D eigenvalue weighted by Gasteiger charge is 2.30. The van der Waals surface area contributed by atoms with Gasteiger partial charge in [-0.05, 0) is 42.5 Å². The van der Waals surface area contributed by atoms with Gasteiger partial charge in [0, 0.05) is 45.1 Å². The molecule has 34 heavy (non-hydrogen) atoms. The molecule has 0 unspecified atom stereocenters. The van der Waals surface area contributed by atoms with Crippen molar-refractivity contribution in [3.8, 4) is 5.75 Å². The van der Waals surface area contributed by atoms with Gasteiger partial charge in [0.2, 0.25) is 0 Å². The van der Waals surface area contributed by atoms with Crippen LogP contribution in [0.5, 0.6) is 5.75 Å². The topological polar surface area (TPSA) is 70.4 Å². The first kappa shape index (κ1) is 22.4. The van der Waals surface area contributed by atoms with Crippen LogP contribution in [0.2, 0.25) is 0 Å². The van der Waals surface area contributed by atoms with Crippen LogP contribution in [-0.4, -0.2) is 64.8 Å². The molecule has 0 radical (unpaired) electrons. The zero-order valence-corrected chi connectivity index (χ0v) is 20.4. The van der Waals surface area contributed by atoms with Gasteiger partial charge in [-0.1, -0.05) is 30.0 Å². The molecule has 10 heteroatoms. The lowest BCUT2D eigenvalue weighted by Gasteiger charge is -2.37. The lowest BCUT2D eigenvalue weighted by atomic mass is 10.2. The molecule has 8 nitrogen and oxygen atoms in total. The van der Waals surface area contributed by atoms with Crippen molar-refractivity contribution in [3.63, 3.8) is 0 Å². The molecule has 174 valence electrons. The summed E-state index contributed by atoms with van der Waals surface area (Å²) in [5.74, 6) is 1.21. The number of likely N-dealkylation sites (N-methyl/N-ethyl adjacent to an activating group) is 1. The van der Waals surface area contributed by atoms with Crippen LogP contribution >= 0.6 is 24.0 Å². The molecule has 0 aliphatic carbocycles. The summed E-state index contributed by atoms with van der Waals surface area (Å²) < 4.78 is 7.24. The number of aromatic nitrogens is 2. The number of thiocarbonyl (C=S) groups is 1. The third-order valence-corrected chi connectivity index (χ3v) is 7.51. The molecule has 0 saturated carbocycles. The number of carbonyl (C=O) groups is 1. The number of fused-ring (bicyclic) bond motifs is 1. The van der Waals surface area contributed by atoms with Crippen molar-refractivity contribution in [2.45, 2.75) is 0 Å². The lowest BCUT2D eigenvalue weighted by Crippen LogP contribution is -2.47. The lowest BCUT2D eigenvalue weighted by molar-refractivity contribution is -0.121. The van der Waals surface area contributed by atoms with Gasteiger partial charge < -0.3 is 14.5 Å². The Kier molecular flexibility index (Phi) is 6.01. The number of pyridine rings is 1. The van der Waals surface area contributed by atoms with Crippen LogP contribution in [0, 0.1) is 0 Å². The van der Waals surface area contributed by atoms with Crippen LogP contribution in [0.3, 0.4) is 0 Å². The van der Waals surface area contributed by atoms with Crippen LogP contribution in [-0.2, 0) is 4.79 Å². The minimum absolute atomic E-state index is 0.206. The summed E-state index contributed by atoms with van der Waals surface area (Å²) in [6.07, 6.45) is 3.33. The van der Waals surface area contributed by atoms with Gasteiger partial charge in [-0.2, -0.15) is 0 Å². The summed E-state index contributed by atoms with van der Waals surface area (Å²) in [7, 11) is 3.30. The monoisotopic (exact) mass is 493 g/mol. The molecule has 5 rings (SSSR count). The number of ether oxygens (including phenoxy) is 1. The number of amides is 1. The standard InChI is InChI=1S/C24H23N5O3S2/c1-26-23(31)19(34-24(26)33)15-18-21(25-20-5-3-4-10-29(20)22(18)30)28-13-11-27(12-14-28)16-6-8-17(32-2)9-7-16/h3-10,15H,11-14H2,1-2H3/b19-15-. The van der Waals surface area contributed by atoms with E-state index in [1.807, 2.05) is 36.4 Å². The Bertz CT molecular complexity index is 1360. The Hall–Kier alpha value is -3.37. The van der Waals surface area contributed by atoms with E-state index in [0.717, 1.165) is 24.5 Å². The molecule has 2 saturated heterocycles. The maximum atomic E-state index is 13.5. The van der Waals surface area contributed by atoms with Crippen LogP contribution in [0.1, 0.15) is 5.56 Å². The number of rotatable bonds is 4. The van der Waals surface area contributed by atoms with Crippen molar-refractivity contribution in [1.82, 2.24) is 14.3 Å². The smallest absolute Gasteiger partial charge is 0.267 e. The summed E-state index contributed by atoms with van der Waals surface area (Å²) >= 11 is 6.46. The predicted octanol–water partition coefficient (Wildman–Crippen LogP) is 2.86. The number of piperazine rings is 1. The summed E-state index contributed by atoms with van der Waals surface area (Å²) in [4.78, 5) is 37.2. The quantitative estimate of drug-likeness (QED) is 0.406. The summed E-state index contributed by atoms with van der Waals surface area (Å²) in [6.45, 7) is 2.94. The van der Waals surface area contributed by atoms with E-state index < -0.39 is 0 Å². The van der Waals surface area contributed by atoms with E-state index in [0.29, 0.717) is 39.3 Å². The van der Waals surface area contributed by atoms with E-state index in [-0.39, 0.29) is 11.5 Å². The van der Waals surface area contributed by atoms with Crippen LogP contribution < -0.4 is 20.1 Å². The molecule has 1 amide bonds. The second kappa shape index (κ2) is 9.11. The van der Waals surface area contributed by atoms with Crippen molar-refractivity contribution in [3.05, 3.63) is 69.5 Å². The van der Waals surface area contributed by atoms with Gasteiger partial charge in [-0.3, -0.25) is 18.9 Å². The van der Waals surface area contributed by atoms with Crippen molar-refractivity contribution >= 4 is 57.4 Å². The molecule has 4 heterocycles. The number of carbonyl (C=O) groups excluding carboxylic acids is 1. The summed E-state index contributed by atoms with van der Waals surface area (Å²) in [5, 5.41) is 0. The van der Waals surface area contributed by atoms with E-state index in [4.69, 9.17) is 21.9 Å². The second-order valence-corrected chi connectivity index (χ2v) is 9.67. The molecule has 0 N–H and O–H groups in total. The van der Waals surface area contributed by atoms with Gasteiger partial charge >= 0.3 is 0 Å². The first-order valence-electron chi connectivity index (χ1n) is 10.8. The van der Waals surface area contributed by atoms with Gasteiger partial charge in [0.25, 0.3) is 11.5 Å². The molecular weight excluding hydrogens is 470 g/mol. The van der Waals surface area contributed by atoms with E-state index in [1.54, 1.807) is 32.5 Å². The van der Waals surface area contributed by atoms with E-state index >= 15 is 0 Å². The normalized spacial score (nSPS) is 17.8. The number of nitrogens with zero attached hydrogens (tertiary/aromatic N) is 5. The van der Waals surface area contributed by atoms with Crippen LogP contribution in [0.4, 0.5) is 11.5 Å². The fourth-order valence-electron chi connectivity index (χ4n) is 4.10. The number of methoxy groups -OCH3 is 1. The number of hydrogen-bond donors (Lipinski definition) is 0. The fourth-order valence-corrected chi connectivity index (χ4v) is 5.27. The number of hydrogen-bond acceptors (Lipinski definition) is 8. The molecule has 2 aliphatic rings. The van der Waals surface area contributed by atoms with Crippen molar-refractivity contribution < 1.29 is 9.53 Å². The number of thioether (sulfide) groups is 1. The second-order valence-electron chi connectivity index (χ2n) is 8.00. The maximum Gasteiger partial charge on any atom is 0.267 e. The number of benzene rings is 1. The third-order valence-electron chi connectivity index (χ3n) is 6.03. The Balaban J connectivity index is 1.49. The Morgan fingerprint density at radius 2 is 1.74 bits per heavy atom. The van der Waals surface area contributed by atoms with Crippen molar-refractivity contribution in [2.24, 2.45) is 0 Å². The van der Waals surface area contributed by atoms with Crippen LogP contribution in [0.25, 0.3) is 11.7 Å². The van der Waals surface area contributed by atoms with Gasteiger partial charge in [0.05, 0.1) is 17.6 Å². The van der Waals surface area contributed by atoms with Gasteiger partial charge in [0.15, 0.2) is 0 Å². The van der Waals surface area contributed by atoms with Gasteiger partial charge in [-0.25, -0.2) is 4.98 Å². The van der Waals surface area contributed by atoms with Gasteiger partial charge in [-0.15, -0.1) is 0 Å². The molecule has 0 bridgehead atoms. The van der Waals surface area contributed by atoms with Gasteiger partial charge in [0.1, 0.15) is 21.5 Å². The van der Waals surface area contributed by atoms with E-state index in [9.17, 15) is 9.59 Å². The summed E-state index contributed by atoms with van der Waals surface area (Å²) in [6, 6.07) is 13.5. The zero-order valence-electron chi connectivity index (χ0n) is 18.8. The van der Waals surface area contributed by atoms with Crippen molar-refractivity contribution in [1.29, 1.82) is 0 Å². The molecular formula is C24H23N5O3S2. The van der Waals surface area contributed by atoms with Crippen LogP contribution in [0.15, 0.2) is 58.4 Å². The average molecular weight is 494 g/mol. The highest BCUT2D eigenvalue weighted by molar-refractivity contribution is 8.26. The Morgan fingerprint density at radius 1 is 1.03 bits per heavy atom. The van der Waals surface area contributed by atoms with E-state index in [2.05, 4.69) is 9.80 Å². The molecule has 2 fully saturated rings. The molecule has 0 spiro atoms. The minimum Gasteiger partial charge on any atom is -0.497 e. The first-order valence-corrected chi connectivity index (χ1v) is 12.1. The zero-order chi connectivity index (χ0) is 23.8. The number of anilines is 2. The third kappa shape index (κ3) is 4.03. The van der Waals surface area contributed by atoms with Crippen molar-refractivity contribution in [2.75, 3.05) is 50.1 Å². The molecule has 2 aromatic heterocycles. The highest BCUT2D eigenvalue weighted by atomic mass is 32.2. The highest BCUT2D eigenvalue weighted by Crippen LogP contribution is 2.32. The largest absolute Gasteiger partial charge is 0.497 e. The SMILES string of the molecule is COc1ccc(N2CCN(c3nc4ccccn4c(=O)c3/C=C3\SC(=S)N(C)C3=O)CC2)cc1. The Labute approximate surface area is 206 Å². The first-order chi connectivity index (χ1) is 16.5. The Morgan fingerprint density at radius 3 is 2.38 bits per heavy atom. The molecule has 1 aromatic carbocycles. The molecule has 3 aromatic rings. The molecule has 0 atom stereocenters. The minimum atomic E-state index is -0.209. The maximum absolute atomic E-state index is 13.5. The van der Waals surface area contributed by atoms with E-state index in [1.165, 1.54) is 21.1 Å². The average Bonchev–Trinajstić information content (AvgIpc) is 3.12.